The van der Waals surface area contributed by atoms with Crippen molar-refractivity contribution in [3.8, 4) is 5.75 Å². The zero-order valence-corrected chi connectivity index (χ0v) is 8.07. The Balaban J connectivity index is 2.70. The molecular weight excluding hydrogens is 174 g/mol. The number of hydrogen-bond acceptors (Lipinski definition) is 2. The molecule has 0 bridgehead atoms. The van der Waals surface area contributed by atoms with Gasteiger partial charge in [0, 0.05) is 11.4 Å². The highest BCUT2D eigenvalue weighted by Crippen LogP contribution is 2.26. The Hall–Kier alpha value is -1.54. The van der Waals surface area contributed by atoms with Gasteiger partial charge in [-0.05, 0) is 30.0 Å². The van der Waals surface area contributed by atoms with E-state index in [0.29, 0.717) is 5.75 Å². The monoisotopic (exact) mass is 187 g/mol. The molecule has 0 saturated heterocycles. The van der Waals surface area contributed by atoms with Crippen molar-refractivity contribution in [2.75, 3.05) is 0 Å². The molecule has 0 radical (unpaired) electrons. The molecule has 1 atom stereocenters. The summed E-state index contributed by atoms with van der Waals surface area (Å²) in [4.78, 5) is 0. The van der Waals surface area contributed by atoms with Gasteiger partial charge in [-0.15, -0.1) is 0 Å². The first-order chi connectivity index (χ1) is 6.68. The molecule has 0 spiro atoms. The van der Waals surface area contributed by atoms with Crippen LogP contribution in [0.4, 0.5) is 0 Å². The molecular formula is C12H13NO. The Morgan fingerprint density at radius 1 is 1.21 bits per heavy atom. The van der Waals surface area contributed by atoms with Gasteiger partial charge in [-0.1, -0.05) is 24.3 Å². The summed E-state index contributed by atoms with van der Waals surface area (Å²) in [7, 11) is 0. The topological polar surface area (TPSA) is 46.2 Å². The zero-order chi connectivity index (χ0) is 10.1. The van der Waals surface area contributed by atoms with E-state index in [4.69, 9.17) is 5.73 Å². The van der Waals surface area contributed by atoms with Crippen LogP contribution in [0.1, 0.15) is 18.5 Å². The van der Waals surface area contributed by atoms with Crippen molar-refractivity contribution in [2.45, 2.75) is 13.0 Å². The van der Waals surface area contributed by atoms with E-state index < -0.39 is 0 Å². The van der Waals surface area contributed by atoms with Gasteiger partial charge in [-0.2, -0.15) is 0 Å². The maximum atomic E-state index is 9.64. The number of benzene rings is 2. The summed E-state index contributed by atoms with van der Waals surface area (Å²) in [6.45, 7) is 1.93. The number of aromatic hydroxyl groups is 1. The number of phenols is 1. The fraction of sp³-hybridized carbons (Fsp3) is 0.167. The van der Waals surface area contributed by atoms with Gasteiger partial charge in [0.05, 0.1) is 0 Å². The summed E-state index contributed by atoms with van der Waals surface area (Å²) in [5.74, 6) is 0.310. The quantitative estimate of drug-likeness (QED) is 0.720. The van der Waals surface area contributed by atoms with Crippen LogP contribution in [0.3, 0.4) is 0 Å². The van der Waals surface area contributed by atoms with Crippen LogP contribution < -0.4 is 5.73 Å². The van der Waals surface area contributed by atoms with E-state index in [2.05, 4.69) is 0 Å². The van der Waals surface area contributed by atoms with Crippen molar-refractivity contribution in [1.29, 1.82) is 0 Å². The van der Waals surface area contributed by atoms with E-state index in [1.165, 1.54) is 0 Å². The third-order valence-electron chi connectivity index (χ3n) is 2.41. The van der Waals surface area contributed by atoms with Gasteiger partial charge in [-0.25, -0.2) is 0 Å². The summed E-state index contributed by atoms with van der Waals surface area (Å²) in [5, 5.41) is 11.5. The lowest BCUT2D eigenvalue weighted by atomic mass is 10.0. The Bertz CT molecular complexity index is 463. The molecule has 2 rings (SSSR count). The maximum absolute atomic E-state index is 9.64. The van der Waals surface area contributed by atoms with Gasteiger partial charge in [-0.3, -0.25) is 0 Å². The molecule has 0 aliphatic rings. The lowest BCUT2D eigenvalue weighted by Gasteiger charge is -2.07. The van der Waals surface area contributed by atoms with Crippen LogP contribution in [0.25, 0.3) is 10.8 Å². The van der Waals surface area contributed by atoms with Gasteiger partial charge in [0.2, 0.25) is 0 Å². The summed E-state index contributed by atoms with van der Waals surface area (Å²) < 4.78 is 0. The molecule has 0 saturated carbocycles. The molecule has 1 unspecified atom stereocenters. The average Bonchev–Trinajstić information content (AvgIpc) is 2.18. The maximum Gasteiger partial charge on any atom is 0.123 e. The highest BCUT2D eigenvalue weighted by Gasteiger charge is 2.03. The van der Waals surface area contributed by atoms with E-state index >= 15 is 0 Å². The van der Waals surface area contributed by atoms with Crippen molar-refractivity contribution >= 4 is 10.8 Å². The second-order valence-electron chi connectivity index (χ2n) is 3.55. The van der Waals surface area contributed by atoms with E-state index in [-0.39, 0.29) is 6.04 Å². The lowest BCUT2D eigenvalue weighted by Crippen LogP contribution is -2.04. The van der Waals surface area contributed by atoms with Crippen LogP contribution in [0.15, 0.2) is 36.4 Å². The number of hydrogen-bond donors (Lipinski definition) is 2. The van der Waals surface area contributed by atoms with E-state index in [0.717, 1.165) is 16.3 Å². The van der Waals surface area contributed by atoms with Crippen molar-refractivity contribution in [3.63, 3.8) is 0 Å². The molecule has 2 heteroatoms. The first-order valence-corrected chi connectivity index (χ1v) is 4.66. The number of nitrogens with two attached hydrogens (primary N) is 1. The van der Waals surface area contributed by atoms with Crippen LogP contribution in [-0.4, -0.2) is 5.11 Å². The number of rotatable bonds is 1. The molecule has 0 aliphatic heterocycles. The molecule has 14 heavy (non-hydrogen) atoms. The van der Waals surface area contributed by atoms with Crippen LogP contribution in [0, 0.1) is 0 Å². The van der Waals surface area contributed by atoms with E-state index in [9.17, 15) is 5.11 Å². The van der Waals surface area contributed by atoms with E-state index in [1.807, 2.05) is 37.3 Å². The Morgan fingerprint density at radius 3 is 2.71 bits per heavy atom. The SMILES string of the molecule is CC(N)c1ccc2cccc(O)c2c1. The van der Waals surface area contributed by atoms with Gasteiger partial charge in [0.25, 0.3) is 0 Å². The minimum Gasteiger partial charge on any atom is -0.507 e. The third kappa shape index (κ3) is 1.44. The smallest absolute Gasteiger partial charge is 0.123 e. The van der Waals surface area contributed by atoms with Crippen molar-refractivity contribution in [1.82, 2.24) is 0 Å². The van der Waals surface area contributed by atoms with Crippen LogP contribution in [-0.2, 0) is 0 Å². The van der Waals surface area contributed by atoms with Crippen molar-refractivity contribution in [3.05, 3.63) is 42.0 Å². The molecule has 72 valence electrons. The molecule has 0 heterocycles. The molecule has 0 aromatic heterocycles. The summed E-state index contributed by atoms with van der Waals surface area (Å²) in [5.41, 5.74) is 6.81. The normalized spacial score (nSPS) is 13.0. The Labute approximate surface area is 83.0 Å². The second-order valence-corrected chi connectivity index (χ2v) is 3.55. The average molecular weight is 187 g/mol. The predicted molar refractivity (Wildman–Crippen MR) is 58.2 cm³/mol. The van der Waals surface area contributed by atoms with Gasteiger partial charge >= 0.3 is 0 Å². The molecule has 3 N–H and O–H groups in total. The first-order valence-electron chi connectivity index (χ1n) is 4.66. The van der Waals surface area contributed by atoms with Gasteiger partial charge in [0.1, 0.15) is 5.75 Å². The summed E-state index contributed by atoms with van der Waals surface area (Å²) in [6.07, 6.45) is 0. The highest BCUT2D eigenvalue weighted by atomic mass is 16.3. The van der Waals surface area contributed by atoms with E-state index in [1.54, 1.807) is 6.07 Å². The second kappa shape index (κ2) is 3.31. The standard InChI is InChI=1S/C12H13NO/c1-8(13)10-6-5-9-3-2-4-12(14)11(9)7-10/h2-8,14H,13H2,1H3. The van der Waals surface area contributed by atoms with Gasteiger partial charge < -0.3 is 10.8 Å². The van der Waals surface area contributed by atoms with Gasteiger partial charge in [0.15, 0.2) is 0 Å². The highest BCUT2D eigenvalue weighted by molar-refractivity contribution is 5.88. The summed E-state index contributed by atoms with van der Waals surface area (Å²) in [6, 6.07) is 11.4. The molecule has 0 aliphatic carbocycles. The zero-order valence-electron chi connectivity index (χ0n) is 8.07. The van der Waals surface area contributed by atoms with Crippen LogP contribution >= 0.6 is 0 Å². The fourth-order valence-electron chi connectivity index (χ4n) is 1.56. The molecule has 0 fully saturated rings. The minimum atomic E-state index is -0.000920. The molecule has 0 amide bonds. The minimum absolute atomic E-state index is 0.000920. The molecule has 2 aromatic rings. The van der Waals surface area contributed by atoms with Crippen LogP contribution in [0.2, 0.25) is 0 Å². The summed E-state index contributed by atoms with van der Waals surface area (Å²) >= 11 is 0. The molecule has 2 aromatic carbocycles. The predicted octanol–water partition coefficient (Wildman–Crippen LogP) is 2.57. The number of fused-ring (bicyclic) bond motifs is 1. The Kier molecular flexibility index (Phi) is 2.14. The lowest BCUT2D eigenvalue weighted by molar-refractivity contribution is 0.481. The largest absolute Gasteiger partial charge is 0.507 e. The number of phenolic OH excluding ortho intramolecular Hbond substituents is 1. The Morgan fingerprint density at radius 2 is 2.00 bits per heavy atom. The molecule has 2 nitrogen and oxygen atoms in total. The van der Waals surface area contributed by atoms with Crippen molar-refractivity contribution in [2.24, 2.45) is 5.73 Å². The third-order valence-corrected chi connectivity index (χ3v) is 2.41. The fourth-order valence-corrected chi connectivity index (χ4v) is 1.56. The van der Waals surface area contributed by atoms with Crippen LogP contribution in [0.5, 0.6) is 5.75 Å². The van der Waals surface area contributed by atoms with Crippen molar-refractivity contribution < 1.29 is 5.11 Å². The first kappa shape index (κ1) is 9.03.